The molecule has 0 radical (unpaired) electrons. The minimum absolute atomic E-state index is 0.0720. The molecule has 1 unspecified atom stereocenters. The lowest BCUT2D eigenvalue weighted by molar-refractivity contribution is -0.120. The van der Waals surface area contributed by atoms with E-state index in [9.17, 15) is 9.59 Å². The van der Waals surface area contributed by atoms with Crippen LogP contribution < -0.4 is 16.4 Å². The van der Waals surface area contributed by atoms with Crippen LogP contribution in [0.4, 0.5) is 10.5 Å². The van der Waals surface area contributed by atoms with E-state index < -0.39 is 18.0 Å². The monoisotopic (exact) mass is 237 g/mol. The molecule has 0 saturated carbocycles. The summed E-state index contributed by atoms with van der Waals surface area (Å²) in [6.07, 6.45) is 0. The Bertz CT molecular complexity index is 420. The van der Waals surface area contributed by atoms with Crippen LogP contribution in [0.1, 0.15) is 12.5 Å². The number of urea groups is 1. The molecule has 0 aliphatic heterocycles. The Morgan fingerprint density at radius 3 is 2.76 bits per heavy atom. The molecule has 0 aromatic heterocycles. The van der Waals surface area contributed by atoms with E-state index in [1.807, 2.05) is 5.32 Å². The quantitative estimate of drug-likeness (QED) is 0.599. The summed E-state index contributed by atoms with van der Waals surface area (Å²) < 4.78 is 0. The van der Waals surface area contributed by atoms with E-state index in [0.29, 0.717) is 5.69 Å². The highest BCUT2D eigenvalue weighted by molar-refractivity contribution is 5.97. The van der Waals surface area contributed by atoms with Crippen LogP contribution in [0, 0.1) is 0 Å². The molecule has 17 heavy (non-hydrogen) atoms. The van der Waals surface area contributed by atoms with Gasteiger partial charge in [-0.1, -0.05) is 12.1 Å². The molecular formula is C11H15N3O3. The summed E-state index contributed by atoms with van der Waals surface area (Å²) in [5.41, 5.74) is 6.26. The van der Waals surface area contributed by atoms with E-state index in [1.165, 1.54) is 0 Å². The van der Waals surface area contributed by atoms with Gasteiger partial charge in [-0.25, -0.2) is 4.79 Å². The number of benzene rings is 1. The molecule has 1 aromatic rings. The lowest BCUT2D eigenvalue weighted by Gasteiger charge is -2.14. The van der Waals surface area contributed by atoms with Crippen molar-refractivity contribution < 1.29 is 14.7 Å². The molecular weight excluding hydrogens is 222 g/mol. The van der Waals surface area contributed by atoms with Gasteiger partial charge in [0, 0.05) is 5.69 Å². The van der Waals surface area contributed by atoms with Gasteiger partial charge in [0.05, 0.1) is 6.61 Å². The maximum atomic E-state index is 11.4. The first-order valence-electron chi connectivity index (χ1n) is 5.09. The lowest BCUT2D eigenvalue weighted by Crippen LogP contribution is -2.43. The number of hydrogen-bond acceptors (Lipinski definition) is 4. The van der Waals surface area contributed by atoms with Gasteiger partial charge in [0.25, 0.3) is 0 Å². The molecule has 0 aliphatic carbocycles. The van der Waals surface area contributed by atoms with Gasteiger partial charge in [0.15, 0.2) is 0 Å². The number of anilines is 1. The van der Waals surface area contributed by atoms with Gasteiger partial charge in [-0.2, -0.15) is 0 Å². The number of imide groups is 1. The number of hydrogen-bond donors (Lipinski definition) is 4. The van der Waals surface area contributed by atoms with Crippen LogP contribution in [0.15, 0.2) is 24.3 Å². The highest BCUT2D eigenvalue weighted by Gasteiger charge is 2.13. The van der Waals surface area contributed by atoms with Crippen LogP contribution in [0.3, 0.4) is 0 Å². The molecule has 0 heterocycles. The molecule has 3 amide bonds. The summed E-state index contributed by atoms with van der Waals surface area (Å²) in [5.74, 6) is -0.507. The SMILES string of the molecule is CC(Nc1cccc(CO)c1)C(=O)NC(N)=O. The molecule has 92 valence electrons. The largest absolute Gasteiger partial charge is 0.392 e. The van der Waals surface area contributed by atoms with Crippen LogP contribution in [0.25, 0.3) is 0 Å². The van der Waals surface area contributed by atoms with Gasteiger partial charge in [0.1, 0.15) is 6.04 Å². The van der Waals surface area contributed by atoms with Gasteiger partial charge in [-0.3, -0.25) is 10.1 Å². The zero-order chi connectivity index (χ0) is 12.8. The van der Waals surface area contributed by atoms with Crippen molar-refractivity contribution in [2.75, 3.05) is 5.32 Å². The number of primary amides is 1. The summed E-state index contributed by atoms with van der Waals surface area (Å²) in [4.78, 5) is 21.9. The maximum Gasteiger partial charge on any atom is 0.318 e. The van der Waals surface area contributed by atoms with E-state index in [-0.39, 0.29) is 6.61 Å². The fourth-order valence-electron chi connectivity index (χ4n) is 1.30. The average Bonchev–Trinajstić information content (AvgIpc) is 2.28. The topological polar surface area (TPSA) is 104 Å². The minimum Gasteiger partial charge on any atom is -0.392 e. The van der Waals surface area contributed by atoms with Gasteiger partial charge in [0.2, 0.25) is 5.91 Å². The summed E-state index contributed by atoms with van der Waals surface area (Å²) in [6.45, 7) is 1.53. The summed E-state index contributed by atoms with van der Waals surface area (Å²) in [5, 5.41) is 13.8. The molecule has 5 N–H and O–H groups in total. The number of nitrogens with one attached hydrogen (secondary N) is 2. The van der Waals surface area contributed by atoms with Crippen molar-refractivity contribution in [2.24, 2.45) is 5.73 Å². The Hall–Kier alpha value is -2.08. The Morgan fingerprint density at radius 1 is 1.47 bits per heavy atom. The van der Waals surface area contributed by atoms with Crippen molar-refractivity contribution in [1.29, 1.82) is 0 Å². The zero-order valence-electron chi connectivity index (χ0n) is 9.43. The van der Waals surface area contributed by atoms with Crippen molar-refractivity contribution in [3.05, 3.63) is 29.8 Å². The second-order valence-corrected chi connectivity index (χ2v) is 3.58. The first kappa shape index (κ1) is 13.0. The molecule has 0 fully saturated rings. The van der Waals surface area contributed by atoms with E-state index in [4.69, 9.17) is 10.8 Å². The Labute approximate surface area is 98.8 Å². The van der Waals surface area contributed by atoms with Crippen molar-refractivity contribution in [3.8, 4) is 0 Å². The van der Waals surface area contributed by atoms with Gasteiger partial charge in [-0.05, 0) is 24.6 Å². The highest BCUT2D eigenvalue weighted by Crippen LogP contribution is 2.11. The molecule has 6 heteroatoms. The number of nitrogens with two attached hydrogens (primary N) is 1. The molecule has 1 rings (SSSR count). The van der Waals surface area contributed by atoms with Crippen LogP contribution in [-0.4, -0.2) is 23.1 Å². The van der Waals surface area contributed by atoms with Crippen LogP contribution in [0.2, 0.25) is 0 Å². The van der Waals surface area contributed by atoms with Gasteiger partial charge >= 0.3 is 6.03 Å². The van der Waals surface area contributed by atoms with Crippen LogP contribution in [-0.2, 0) is 11.4 Å². The Balaban J connectivity index is 2.63. The summed E-state index contributed by atoms with van der Waals surface area (Å²) >= 11 is 0. The van der Waals surface area contributed by atoms with Crippen LogP contribution in [0.5, 0.6) is 0 Å². The predicted molar refractivity (Wildman–Crippen MR) is 63.2 cm³/mol. The van der Waals surface area contributed by atoms with Crippen LogP contribution >= 0.6 is 0 Å². The Morgan fingerprint density at radius 2 is 2.18 bits per heavy atom. The van der Waals surface area contributed by atoms with Crippen molar-refractivity contribution in [1.82, 2.24) is 5.32 Å². The van der Waals surface area contributed by atoms with E-state index in [2.05, 4.69) is 5.32 Å². The number of aliphatic hydroxyl groups is 1. The zero-order valence-corrected chi connectivity index (χ0v) is 9.43. The number of carbonyl (C=O) groups is 2. The lowest BCUT2D eigenvalue weighted by atomic mass is 10.2. The minimum atomic E-state index is -0.882. The first-order valence-corrected chi connectivity index (χ1v) is 5.09. The summed E-state index contributed by atoms with van der Waals surface area (Å²) in [7, 11) is 0. The average molecular weight is 237 g/mol. The van der Waals surface area contributed by atoms with Gasteiger partial charge < -0.3 is 16.2 Å². The molecule has 0 spiro atoms. The molecule has 6 nitrogen and oxygen atoms in total. The molecule has 1 aromatic carbocycles. The molecule has 0 saturated heterocycles. The standard InChI is InChI=1S/C11H15N3O3/c1-7(10(16)14-11(12)17)13-9-4-2-3-8(5-9)6-15/h2-5,7,13,15H,6H2,1H3,(H3,12,14,16,17). The second kappa shape index (κ2) is 5.86. The smallest absolute Gasteiger partial charge is 0.318 e. The van der Waals surface area contributed by atoms with Crippen molar-refractivity contribution >= 4 is 17.6 Å². The van der Waals surface area contributed by atoms with E-state index in [1.54, 1.807) is 31.2 Å². The number of carbonyl (C=O) groups excluding carboxylic acids is 2. The maximum absolute atomic E-state index is 11.4. The van der Waals surface area contributed by atoms with E-state index >= 15 is 0 Å². The number of rotatable bonds is 4. The summed E-state index contributed by atoms with van der Waals surface area (Å²) in [6, 6.07) is 5.51. The fraction of sp³-hybridized carbons (Fsp3) is 0.273. The van der Waals surface area contributed by atoms with E-state index in [0.717, 1.165) is 5.56 Å². The third-order valence-corrected chi connectivity index (χ3v) is 2.13. The third-order valence-electron chi connectivity index (χ3n) is 2.13. The van der Waals surface area contributed by atoms with Crippen molar-refractivity contribution in [2.45, 2.75) is 19.6 Å². The molecule has 1 atom stereocenters. The van der Waals surface area contributed by atoms with Gasteiger partial charge in [-0.15, -0.1) is 0 Å². The molecule has 0 bridgehead atoms. The third kappa shape index (κ3) is 4.12. The Kier molecular flexibility index (Phi) is 4.47. The fourth-order valence-corrected chi connectivity index (χ4v) is 1.30. The van der Waals surface area contributed by atoms with Crippen molar-refractivity contribution in [3.63, 3.8) is 0 Å². The highest BCUT2D eigenvalue weighted by atomic mass is 16.3. The number of aliphatic hydroxyl groups excluding tert-OH is 1. The second-order valence-electron chi connectivity index (χ2n) is 3.58. The molecule has 0 aliphatic rings. The predicted octanol–water partition coefficient (Wildman–Crippen LogP) is 0.174. The number of amides is 3. The first-order chi connectivity index (χ1) is 8.02. The normalized spacial score (nSPS) is 11.6.